The SMILES string of the molecule is CNC(=O)c1c(-c2ccc(F)cc2)oc2ccc(-c3cc(C(=O)NC4(c5nc6cnccc6[nH]5)CC4)cc(F)c3C)c(F)c12. The summed E-state index contributed by atoms with van der Waals surface area (Å²) in [7, 11) is 1.40. The lowest BCUT2D eigenvalue weighted by molar-refractivity contribution is 0.0926. The summed E-state index contributed by atoms with van der Waals surface area (Å²) in [5.74, 6) is -2.53. The van der Waals surface area contributed by atoms with Gasteiger partial charge in [-0.15, -0.1) is 0 Å². The van der Waals surface area contributed by atoms with E-state index in [4.69, 9.17) is 4.42 Å². The van der Waals surface area contributed by atoms with E-state index < -0.39 is 34.8 Å². The zero-order chi connectivity index (χ0) is 30.7. The number of H-pyrrole nitrogens is 1. The maximum atomic E-state index is 16.4. The van der Waals surface area contributed by atoms with Crippen molar-refractivity contribution in [3.05, 3.63) is 107 Å². The van der Waals surface area contributed by atoms with Crippen LogP contribution in [-0.2, 0) is 5.54 Å². The van der Waals surface area contributed by atoms with E-state index in [9.17, 15) is 14.0 Å². The molecular formula is C33H24F3N5O3. The van der Waals surface area contributed by atoms with E-state index in [1.54, 1.807) is 18.5 Å². The van der Waals surface area contributed by atoms with Gasteiger partial charge in [0, 0.05) is 29.9 Å². The van der Waals surface area contributed by atoms with Gasteiger partial charge in [-0.05, 0) is 85.5 Å². The Morgan fingerprint density at radius 2 is 1.75 bits per heavy atom. The lowest BCUT2D eigenvalue weighted by atomic mass is 9.94. The highest BCUT2D eigenvalue weighted by atomic mass is 19.1. The molecule has 0 radical (unpaired) electrons. The molecule has 1 aliphatic carbocycles. The molecule has 1 saturated carbocycles. The van der Waals surface area contributed by atoms with Gasteiger partial charge >= 0.3 is 0 Å². The number of nitrogens with one attached hydrogen (secondary N) is 3. The van der Waals surface area contributed by atoms with Crippen LogP contribution in [0, 0.1) is 24.4 Å². The fourth-order valence-corrected chi connectivity index (χ4v) is 5.51. The average Bonchev–Trinajstić information content (AvgIpc) is 3.49. The quantitative estimate of drug-likeness (QED) is 0.202. The molecule has 3 N–H and O–H groups in total. The van der Waals surface area contributed by atoms with Crippen LogP contribution in [0.3, 0.4) is 0 Å². The number of pyridine rings is 1. The van der Waals surface area contributed by atoms with E-state index in [2.05, 4.69) is 25.6 Å². The number of fused-ring (bicyclic) bond motifs is 2. The van der Waals surface area contributed by atoms with Crippen molar-refractivity contribution in [2.24, 2.45) is 0 Å². The second-order valence-electron chi connectivity index (χ2n) is 10.8. The predicted molar refractivity (Wildman–Crippen MR) is 157 cm³/mol. The Balaban J connectivity index is 1.30. The number of imidazole rings is 1. The molecule has 1 fully saturated rings. The summed E-state index contributed by atoms with van der Waals surface area (Å²) in [5.41, 5.74) is 1.30. The molecule has 0 spiro atoms. The Morgan fingerprint density at radius 3 is 2.45 bits per heavy atom. The van der Waals surface area contributed by atoms with Crippen LogP contribution in [-0.4, -0.2) is 33.8 Å². The topological polar surface area (TPSA) is 113 Å². The average molecular weight is 596 g/mol. The molecule has 7 rings (SSSR count). The molecule has 11 heteroatoms. The minimum Gasteiger partial charge on any atom is -0.455 e. The Kier molecular flexibility index (Phi) is 6.27. The molecular weight excluding hydrogens is 571 g/mol. The molecule has 0 aliphatic heterocycles. The van der Waals surface area contributed by atoms with Crippen molar-refractivity contribution in [3.8, 4) is 22.5 Å². The highest BCUT2D eigenvalue weighted by molar-refractivity contribution is 6.12. The number of aromatic nitrogens is 3. The molecule has 8 nitrogen and oxygen atoms in total. The maximum absolute atomic E-state index is 16.4. The van der Waals surface area contributed by atoms with Crippen molar-refractivity contribution in [1.29, 1.82) is 0 Å². The van der Waals surface area contributed by atoms with Crippen LogP contribution in [0.1, 0.15) is 44.9 Å². The van der Waals surface area contributed by atoms with Crippen LogP contribution in [0.5, 0.6) is 0 Å². The fraction of sp³-hybridized carbons (Fsp3) is 0.152. The van der Waals surface area contributed by atoms with E-state index in [-0.39, 0.29) is 44.5 Å². The van der Waals surface area contributed by atoms with Crippen LogP contribution in [0.4, 0.5) is 13.2 Å². The van der Waals surface area contributed by atoms with Crippen LogP contribution < -0.4 is 10.6 Å². The minimum atomic E-state index is -0.826. The molecule has 6 aromatic rings. The van der Waals surface area contributed by atoms with Crippen molar-refractivity contribution >= 4 is 33.8 Å². The normalized spacial score (nSPS) is 13.8. The van der Waals surface area contributed by atoms with Gasteiger partial charge < -0.3 is 20.0 Å². The highest BCUT2D eigenvalue weighted by Gasteiger charge is 2.48. The largest absolute Gasteiger partial charge is 0.455 e. The second-order valence-corrected chi connectivity index (χ2v) is 10.8. The molecule has 0 atom stereocenters. The van der Waals surface area contributed by atoms with E-state index >= 15 is 8.78 Å². The number of nitrogens with zero attached hydrogens (tertiary/aromatic N) is 2. The van der Waals surface area contributed by atoms with Gasteiger partial charge in [-0.25, -0.2) is 18.2 Å². The van der Waals surface area contributed by atoms with E-state index in [1.807, 2.05) is 0 Å². The van der Waals surface area contributed by atoms with Crippen LogP contribution in [0.15, 0.2) is 71.4 Å². The first kappa shape index (κ1) is 27.4. The van der Waals surface area contributed by atoms with Gasteiger partial charge in [-0.3, -0.25) is 14.6 Å². The third kappa shape index (κ3) is 4.39. The monoisotopic (exact) mass is 595 g/mol. The number of amides is 2. The summed E-state index contributed by atoms with van der Waals surface area (Å²) < 4.78 is 51.2. The number of carbonyl (C=O) groups is 2. The van der Waals surface area contributed by atoms with E-state index in [0.29, 0.717) is 29.7 Å². The first-order valence-electron chi connectivity index (χ1n) is 13.9. The Bertz CT molecular complexity index is 2100. The van der Waals surface area contributed by atoms with Crippen molar-refractivity contribution in [3.63, 3.8) is 0 Å². The molecule has 0 unspecified atom stereocenters. The molecule has 220 valence electrons. The lowest BCUT2D eigenvalue weighted by Gasteiger charge is -2.17. The molecule has 3 heterocycles. The molecule has 3 aromatic carbocycles. The first-order chi connectivity index (χ1) is 21.2. The maximum Gasteiger partial charge on any atom is 0.255 e. The Hall–Kier alpha value is -5.45. The van der Waals surface area contributed by atoms with Gasteiger partial charge in [0.15, 0.2) is 0 Å². The number of benzene rings is 3. The molecule has 2 amide bonds. The molecule has 44 heavy (non-hydrogen) atoms. The summed E-state index contributed by atoms with van der Waals surface area (Å²) >= 11 is 0. The van der Waals surface area contributed by atoms with Gasteiger partial charge in [0.05, 0.1) is 28.2 Å². The number of furan rings is 1. The summed E-state index contributed by atoms with van der Waals surface area (Å²) in [6.07, 6.45) is 4.54. The van der Waals surface area contributed by atoms with Gasteiger partial charge in [-0.2, -0.15) is 0 Å². The number of aromatic amines is 1. The van der Waals surface area contributed by atoms with E-state index in [0.717, 1.165) is 11.6 Å². The van der Waals surface area contributed by atoms with Crippen LogP contribution >= 0.6 is 0 Å². The number of halogens is 3. The van der Waals surface area contributed by atoms with Crippen LogP contribution in [0.2, 0.25) is 0 Å². The molecule has 3 aromatic heterocycles. The predicted octanol–water partition coefficient (Wildman–Crippen LogP) is 6.54. The number of hydrogen-bond acceptors (Lipinski definition) is 5. The number of rotatable bonds is 6. The van der Waals surface area contributed by atoms with Crippen molar-refractivity contribution in [2.75, 3.05) is 7.05 Å². The summed E-state index contributed by atoms with van der Waals surface area (Å²) in [6, 6.07) is 12.5. The third-order valence-corrected chi connectivity index (χ3v) is 8.09. The molecule has 0 saturated heterocycles. The minimum absolute atomic E-state index is 0.00244. The van der Waals surface area contributed by atoms with Gasteiger partial charge in [0.2, 0.25) is 0 Å². The molecule has 1 aliphatic rings. The zero-order valence-corrected chi connectivity index (χ0v) is 23.5. The summed E-state index contributed by atoms with van der Waals surface area (Å²) in [5, 5.41) is 5.36. The summed E-state index contributed by atoms with van der Waals surface area (Å²) in [6.45, 7) is 1.49. The van der Waals surface area contributed by atoms with Gasteiger partial charge in [0.1, 0.15) is 40.1 Å². The smallest absolute Gasteiger partial charge is 0.255 e. The lowest BCUT2D eigenvalue weighted by Crippen LogP contribution is -2.35. The Morgan fingerprint density at radius 1 is 0.977 bits per heavy atom. The van der Waals surface area contributed by atoms with Gasteiger partial charge in [-0.1, -0.05) is 0 Å². The van der Waals surface area contributed by atoms with E-state index in [1.165, 1.54) is 56.4 Å². The van der Waals surface area contributed by atoms with Crippen LogP contribution in [0.25, 0.3) is 44.5 Å². The zero-order valence-electron chi connectivity index (χ0n) is 23.5. The van der Waals surface area contributed by atoms with Gasteiger partial charge in [0.25, 0.3) is 11.8 Å². The number of carbonyl (C=O) groups excluding carboxylic acids is 2. The van der Waals surface area contributed by atoms with Crippen molar-refractivity contribution < 1.29 is 27.2 Å². The van der Waals surface area contributed by atoms with Crippen molar-refractivity contribution in [1.82, 2.24) is 25.6 Å². The molecule has 0 bridgehead atoms. The summed E-state index contributed by atoms with van der Waals surface area (Å²) in [4.78, 5) is 38.3. The Labute approximate surface area is 248 Å². The van der Waals surface area contributed by atoms with Crippen molar-refractivity contribution in [2.45, 2.75) is 25.3 Å². The first-order valence-corrected chi connectivity index (χ1v) is 13.9. The number of hydrogen-bond donors (Lipinski definition) is 3. The third-order valence-electron chi connectivity index (χ3n) is 8.09. The fourth-order valence-electron chi connectivity index (χ4n) is 5.51. The highest BCUT2D eigenvalue weighted by Crippen LogP contribution is 2.45. The second kappa shape index (κ2) is 10.1. The standard InChI is InChI=1S/C33H24F3N5O3/c1-16-21(13-18(14-22(16)35)30(42)41-33(10-11-33)32-39-23-9-12-38-15-24(23)40-32)20-7-8-25-26(28(20)36)27(31(43)37-2)29(44-25)17-3-5-19(34)6-4-17/h3-9,12-15H,10-11H2,1-2H3,(H,37,43)(H,39,40)(H,41,42).